The van der Waals surface area contributed by atoms with Crippen LogP contribution in [0.3, 0.4) is 0 Å². The summed E-state index contributed by atoms with van der Waals surface area (Å²) in [7, 11) is 0. The van der Waals surface area contributed by atoms with Crippen molar-refractivity contribution in [1.29, 1.82) is 0 Å². The second-order valence-corrected chi connectivity index (χ2v) is 5.13. The van der Waals surface area contributed by atoms with Gasteiger partial charge in [0.2, 0.25) is 0 Å². The van der Waals surface area contributed by atoms with Crippen LogP contribution in [0.5, 0.6) is 0 Å². The lowest BCUT2D eigenvalue weighted by Crippen LogP contribution is -2.05. The fraction of sp³-hybridized carbons (Fsp3) is 0.105. The lowest BCUT2D eigenvalue weighted by atomic mass is 10.0. The van der Waals surface area contributed by atoms with Gasteiger partial charge in [-0.3, -0.25) is 0 Å². The zero-order valence-corrected chi connectivity index (χ0v) is 11.9. The van der Waals surface area contributed by atoms with E-state index in [4.69, 9.17) is 4.74 Å². The van der Waals surface area contributed by atoms with Gasteiger partial charge in [-0.1, -0.05) is 60.2 Å². The van der Waals surface area contributed by atoms with E-state index >= 15 is 0 Å². The molecule has 104 valence electrons. The first kappa shape index (κ1) is 13.4. The van der Waals surface area contributed by atoms with Crippen molar-refractivity contribution >= 4 is 16.7 Å². The van der Waals surface area contributed by atoms with Crippen molar-refractivity contribution in [1.82, 2.24) is 0 Å². The summed E-state index contributed by atoms with van der Waals surface area (Å²) in [6, 6.07) is 21.5. The number of carbonyl (C=O) groups is 1. The van der Waals surface area contributed by atoms with Crippen LogP contribution in [0.4, 0.5) is 0 Å². The lowest BCUT2D eigenvalue weighted by Gasteiger charge is -2.06. The third-order valence-electron chi connectivity index (χ3n) is 3.44. The van der Waals surface area contributed by atoms with E-state index in [2.05, 4.69) is 13.0 Å². The molecule has 0 amide bonds. The van der Waals surface area contributed by atoms with Gasteiger partial charge in [0.05, 0.1) is 5.56 Å². The molecule has 2 nitrogen and oxygen atoms in total. The molecule has 0 fully saturated rings. The SMILES string of the molecule is Cc1ccc2cc(C(=O)OCc3ccccc3)ccc2c1. The molecule has 3 aromatic carbocycles. The number of carbonyl (C=O) groups excluding carboxylic acids is 1. The zero-order chi connectivity index (χ0) is 14.7. The maximum Gasteiger partial charge on any atom is 0.338 e. The van der Waals surface area contributed by atoms with Gasteiger partial charge in [-0.05, 0) is 35.4 Å². The Morgan fingerprint density at radius 1 is 0.905 bits per heavy atom. The lowest BCUT2D eigenvalue weighted by molar-refractivity contribution is 0.0473. The molecule has 0 aliphatic heterocycles. The first-order valence-electron chi connectivity index (χ1n) is 6.94. The van der Waals surface area contributed by atoms with Crippen LogP contribution in [-0.4, -0.2) is 5.97 Å². The first-order chi connectivity index (χ1) is 10.2. The van der Waals surface area contributed by atoms with E-state index in [1.807, 2.05) is 60.7 Å². The summed E-state index contributed by atoms with van der Waals surface area (Å²) >= 11 is 0. The molecule has 0 heterocycles. The van der Waals surface area contributed by atoms with Crippen molar-refractivity contribution in [2.24, 2.45) is 0 Å². The Bertz CT molecular complexity index is 776. The van der Waals surface area contributed by atoms with Crippen LogP contribution in [0.2, 0.25) is 0 Å². The summed E-state index contributed by atoms with van der Waals surface area (Å²) in [6.45, 7) is 2.35. The Balaban J connectivity index is 1.77. The minimum atomic E-state index is -0.290. The monoisotopic (exact) mass is 276 g/mol. The van der Waals surface area contributed by atoms with Crippen LogP contribution < -0.4 is 0 Å². The van der Waals surface area contributed by atoms with Crippen LogP contribution in [0.25, 0.3) is 10.8 Å². The minimum absolute atomic E-state index is 0.290. The highest BCUT2D eigenvalue weighted by Gasteiger charge is 2.08. The maximum atomic E-state index is 12.1. The van der Waals surface area contributed by atoms with E-state index in [1.54, 1.807) is 0 Å². The predicted octanol–water partition coefficient (Wildman–Crippen LogP) is 4.51. The van der Waals surface area contributed by atoms with Gasteiger partial charge in [0.1, 0.15) is 6.61 Å². The van der Waals surface area contributed by atoms with E-state index in [0.29, 0.717) is 12.2 Å². The highest BCUT2D eigenvalue weighted by Crippen LogP contribution is 2.18. The molecule has 0 radical (unpaired) electrons. The Labute approximate surface area is 124 Å². The molecule has 0 N–H and O–H groups in total. The Kier molecular flexibility index (Phi) is 3.69. The highest BCUT2D eigenvalue weighted by molar-refractivity contribution is 5.95. The second kappa shape index (κ2) is 5.80. The normalized spacial score (nSPS) is 10.5. The van der Waals surface area contributed by atoms with Crippen molar-refractivity contribution in [3.8, 4) is 0 Å². The van der Waals surface area contributed by atoms with Gasteiger partial charge in [-0.25, -0.2) is 4.79 Å². The summed E-state index contributed by atoms with van der Waals surface area (Å²) < 4.78 is 5.35. The second-order valence-electron chi connectivity index (χ2n) is 5.13. The third-order valence-corrected chi connectivity index (χ3v) is 3.44. The quantitative estimate of drug-likeness (QED) is 0.658. The van der Waals surface area contributed by atoms with E-state index < -0.39 is 0 Å². The molecule has 0 spiro atoms. The fourth-order valence-corrected chi connectivity index (χ4v) is 2.30. The summed E-state index contributed by atoms with van der Waals surface area (Å²) in [6.07, 6.45) is 0. The summed E-state index contributed by atoms with van der Waals surface area (Å²) in [4.78, 5) is 12.1. The average Bonchev–Trinajstić information content (AvgIpc) is 2.53. The Morgan fingerprint density at radius 2 is 1.62 bits per heavy atom. The fourth-order valence-electron chi connectivity index (χ4n) is 2.30. The number of rotatable bonds is 3. The number of hydrogen-bond acceptors (Lipinski definition) is 2. The van der Waals surface area contributed by atoms with Gasteiger partial charge in [-0.15, -0.1) is 0 Å². The number of esters is 1. The van der Waals surface area contributed by atoms with Crippen LogP contribution in [0.1, 0.15) is 21.5 Å². The highest BCUT2D eigenvalue weighted by atomic mass is 16.5. The number of aryl methyl sites for hydroxylation is 1. The molecule has 3 rings (SSSR count). The smallest absolute Gasteiger partial charge is 0.338 e. The van der Waals surface area contributed by atoms with Crippen molar-refractivity contribution in [3.05, 3.63) is 83.4 Å². The molecule has 0 atom stereocenters. The number of hydrogen-bond donors (Lipinski definition) is 0. The molecule has 3 aromatic rings. The standard InChI is InChI=1S/C19H16O2/c1-14-7-8-17-12-18(10-9-16(17)11-14)19(20)21-13-15-5-3-2-4-6-15/h2-12H,13H2,1H3. The Hall–Kier alpha value is -2.61. The summed E-state index contributed by atoms with van der Waals surface area (Å²) in [5.74, 6) is -0.290. The van der Waals surface area contributed by atoms with Crippen molar-refractivity contribution in [3.63, 3.8) is 0 Å². The molecule has 21 heavy (non-hydrogen) atoms. The van der Waals surface area contributed by atoms with Crippen LogP contribution in [0, 0.1) is 6.92 Å². The minimum Gasteiger partial charge on any atom is -0.457 e. The molecule has 0 bridgehead atoms. The molecule has 0 aromatic heterocycles. The molecule has 0 unspecified atom stereocenters. The van der Waals surface area contributed by atoms with Crippen LogP contribution in [0.15, 0.2) is 66.7 Å². The summed E-state index contributed by atoms with van der Waals surface area (Å²) in [5, 5.41) is 2.18. The van der Waals surface area contributed by atoms with Crippen LogP contribution >= 0.6 is 0 Å². The van der Waals surface area contributed by atoms with E-state index in [9.17, 15) is 4.79 Å². The van der Waals surface area contributed by atoms with Gasteiger partial charge in [0.25, 0.3) is 0 Å². The van der Waals surface area contributed by atoms with Crippen molar-refractivity contribution in [2.45, 2.75) is 13.5 Å². The Morgan fingerprint density at radius 3 is 2.43 bits per heavy atom. The van der Waals surface area contributed by atoms with Gasteiger partial charge >= 0.3 is 5.97 Å². The van der Waals surface area contributed by atoms with Crippen molar-refractivity contribution < 1.29 is 9.53 Å². The largest absolute Gasteiger partial charge is 0.457 e. The van der Waals surface area contributed by atoms with E-state index in [1.165, 1.54) is 5.56 Å². The van der Waals surface area contributed by atoms with Crippen LogP contribution in [-0.2, 0) is 11.3 Å². The molecule has 0 aliphatic rings. The predicted molar refractivity (Wildman–Crippen MR) is 84.2 cm³/mol. The van der Waals surface area contributed by atoms with E-state index in [0.717, 1.165) is 16.3 Å². The molecule has 0 saturated carbocycles. The van der Waals surface area contributed by atoms with Gasteiger partial charge in [-0.2, -0.15) is 0 Å². The topological polar surface area (TPSA) is 26.3 Å². The molecule has 0 saturated heterocycles. The third kappa shape index (κ3) is 3.11. The number of benzene rings is 3. The number of fused-ring (bicyclic) bond motifs is 1. The molecule has 2 heteroatoms. The van der Waals surface area contributed by atoms with Gasteiger partial charge in [0.15, 0.2) is 0 Å². The van der Waals surface area contributed by atoms with Gasteiger partial charge in [0, 0.05) is 0 Å². The average molecular weight is 276 g/mol. The summed E-state index contributed by atoms with van der Waals surface area (Å²) in [5.41, 5.74) is 2.78. The zero-order valence-electron chi connectivity index (χ0n) is 11.9. The maximum absolute atomic E-state index is 12.1. The van der Waals surface area contributed by atoms with Crippen molar-refractivity contribution in [2.75, 3.05) is 0 Å². The molecule has 0 aliphatic carbocycles. The number of ether oxygens (including phenoxy) is 1. The van der Waals surface area contributed by atoms with E-state index in [-0.39, 0.29) is 5.97 Å². The molecular weight excluding hydrogens is 260 g/mol. The first-order valence-corrected chi connectivity index (χ1v) is 6.94. The molecular formula is C19H16O2. The van der Waals surface area contributed by atoms with Gasteiger partial charge < -0.3 is 4.74 Å².